The summed E-state index contributed by atoms with van der Waals surface area (Å²) in [5.41, 5.74) is 0.897. The third-order valence-corrected chi connectivity index (χ3v) is 8.32. The number of piperidine rings is 1. The number of fused-ring (bicyclic) bond motifs is 1. The summed E-state index contributed by atoms with van der Waals surface area (Å²) in [6.07, 6.45) is 4.59. The van der Waals surface area contributed by atoms with E-state index in [0.29, 0.717) is 23.8 Å². The van der Waals surface area contributed by atoms with Gasteiger partial charge in [-0.1, -0.05) is 17.7 Å². The molecule has 1 aromatic carbocycles. The van der Waals surface area contributed by atoms with Crippen molar-refractivity contribution in [2.45, 2.75) is 32.7 Å². The molecule has 1 aliphatic carbocycles. The summed E-state index contributed by atoms with van der Waals surface area (Å²) in [6.45, 7) is 4.11. The number of aromatic nitrogens is 5. The molecule has 1 saturated carbocycles. The Labute approximate surface area is 248 Å². The number of halogens is 4. The molecule has 0 bridgehead atoms. The molecule has 3 aromatic heterocycles. The Morgan fingerprint density at radius 3 is 2.65 bits per heavy atom. The molecular formula is C29H25ClF3N7O3. The maximum Gasteiger partial charge on any atom is 0.275 e. The third kappa shape index (κ3) is 5.12. The second-order valence-corrected chi connectivity index (χ2v) is 11.0. The van der Waals surface area contributed by atoms with E-state index >= 15 is 0 Å². The standard InChI is InChI=1S/C29H25ClF3N7O3/c1-13-14(2)27(39-10-15-5-18(15)29(39)43)35-7-19(13)23(12-41)40-11-16(6-36-40)37-28(42)22-9-34-8-21(38-22)24-17(26(32)33)3-4-20(30)25(24)31/h3-4,6-9,11,15,18,23,26,41H,5,10,12H2,1-2H3,(H,37,42)/t15-,18-,23?/m1/s1. The zero-order valence-corrected chi connectivity index (χ0v) is 23.7. The highest BCUT2D eigenvalue weighted by Gasteiger charge is 2.53. The molecule has 2 amide bonds. The highest BCUT2D eigenvalue weighted by molar-refractivity contribution is 6.31. The summed E-state index contributed by atoms with van der Waals surface area (Å²) < 4.78 is 43.4. The van der Waals surface area contributed by atoms with Crippen LogP contribution in [0, 0.1) is 31.5 Å². The van der Waals surface area contributed by atoms with E-state index in [1.165, 1.54) is 17.1 Å². The first-order valence-electron chi connectivity index (χ1n) is 13.4. The molecule has 4 aromatic rings. The summed E-state index contributed by atoms with van der Waals surface area (Å²) in [4.78, 5) is 39.8. The molecule has 6 rings (SSSR count). The van der Waals surface area contributed by atoms with Crippen LogP contribution in [0.5, 0.6) is 0 Å². The van der Waals surface area contributed by atoms with Crippen LogP contribution in [0.4, 0.5) is 24.7 Å². The number of benzene rings is 1. The molecule has 2 aliphatic rings. The van der Waals surface area contributed by atoms with Crippen LogP contribution in [0.2, 0.25) is 5.02 Å². The van der Waals surface area contributed by atoms with Gasteiger partial charge in [0.05, 0.1) is 41.6 Å². The molecule has 1 saturated heterocycles. The lowest BCUT2D eigenvalue weighted by molar-refractivity contribution is -0.118. The van der Waals surface area contributed by atoms with Gasteiger partial charge in [0.1, 0.15) is 17.6 Å². The van der Waals surface area contributed by atoms with Crippen molar-refractivity contribution in [3.8, 4) is 11.3 Å². The third-order valence-electron chi connectivity index (χ3n) is 8.03. The molecule has 3 atom stereocenters. The first-order valence-corrected chi connectivity index (χ1v) is 13.8. The molecule has 2 fully saturated rings. The van der Waals surface area contributed by atoms with E-state index in [2.05, 4.69) is 25.4 Å². The Morgan fingerprint density at radius 2 is 1.95 bits per heavy atom. The van der Waals surface area contributed by atoms with Gasteiger partial charge in [-0.05, 0) is 43.4 Å². The van der Waals surface area contributed by atoms with Crippen LogP contribution in [0.15, 0.2) is 43.1 Å². The largest absolute Gasteiger partial charge is 0.394 e. The molecule has 2 N–H and O–H groups in total. The van der Waals surface area contributed by atoms with Gasteiger partial charge < -0.3 is 10.4 Å². The van der Waals surface area contributed by atoms with Crippen LogP contribution in [0.3, 0.4) is 0 Å². The van der Waals surface area contributed by atoms with E-state index in [9.17, 15) is 27.9 Å². The van der Waals surface area contributed by atoms with Crippen molar-refractivity contribution in [1.82, 2.24) is 24.7 Å². The number of rotatable bonds is 8. The Bertz CT molecular complexity index is 1770. The minimum Gasteiger partial charge on any atom is -0.394 e. The highest BCUT2D eigenvalue weighted by atomic mass is 35.5. The summed E-state index contributed by atoms with van der Waals surface area (Å²) in [5.74, 6) is -0.628. The number of anilines is 2. The van der Waals surface area contributed by atoms with Gasteiger partial charge in [-0.25, -0.2) is 23.1 Å². The highest BCUT2D eigenvalue weighted by Crippen LogP contribution is 2.47. The lowest BCUT2D eigenvalue weighted by atomic mass is 10.00. The molecule has 222 valence electrons. The van der Waals surface area contributed by atoms with Crippen LogP contribution < -0.4 is 10.2 Å². The fourth-order valence-electron chi connectivity index (χ4n) is 5.48. The zero-order chi connectivity index (χ0) is 30.6. The molecular weight excluding hydrogens is 587 g/mol. The van der Waals surface area contributed by atoms with Crippen molar-refractivity contribution in [1.29, 1.82) is 0 Å². The number of hydrogen-bond acceptors (Lipinski definition) is 7. The van der Waals surface area contributed by atoms with Crippen molar-refractivity contribution in [2.75, 3.05) is 23.4 Å². The molecule has 4 heterocycles. The number of nitrogens with zero attached hydrogens (tertiary/aromatic N) is 6. The SMILES string of the molecule is Cc1c(C(CO)n2cc(NC(=O)c3cncc(-c4c(C(F)F)ccc(Cl)c4F)n3)cn2)cnc(N2C[C@H]3C[C@H]3C2=O)c1C. The lowest BCUT2D eigenvalue weighted by Gasteiger charge is -2.24. The number of alkyl halides is 2. The number of pyridine rings is 1. The van der Waals surface area contributed by atoms with Crippen molar-refractivity contribution < 1.29 is 27.9 Å². The maximum absolute atomic E-state index is 14.7. The molecule has 10 nitrogen and oxygen atoms in total. The fraction of sp³-hybridized carbons (Fsp3) is 0.310. The van der Waals surface area contributed by atoms with Crippen molar-refractivity contribution in [3.63, 3.8) is 0 Å². The molecule has 0 spiro atoms. The first kappa shape index (κ1) is 28.7. The van der Waals surface area contributed by atoms with Crippen molar-refractivity contribution >= 4 is 34.9 Å². The summed E-state index contributed by atoms with van der Waals surface area (Å²) >= 11 is 5.81. The van der Waals surface area contributed by atoms with E-state index in [1.54, 1.807) is 11.1 Å². The topological polar surface area (TPSA) is 126 Å². The molecule has 14 heteroatoms. The van der Waals surface area contributed by atoms with E-state index in [1.807, 2.05) is 13.8 Å². The second-order valence-electron chi connectivity index (χ2n) is 10.6. The molecule has 43 heavy (non-hydrogen) atoms. The number of carbonyl (C=O) groups excluding carboxylic acids is 2. The van der Waals surface area contributed by atoms with E-state index in [4.69, 9.17) is 11.6 Å². The summed E-state index contributed by atoms with van der Waals surface area (Å²) in [7, 11) is 0. The minimum atomic E-state index is -3.02. The summed E-state index contributed by atoms with van der Waals surface area (Å²) in [5, 5.41) is 16.8. The number of hydrogen-bond donors (Lipinski definition) is 2. The van der Waals surface area contributed by atoms with Gasteiger partial charge >= 0.3 is 0 Å². The normalized spacial score (nSPS) is 18.2. The van der Waals surface area contributed by atoms with Crippen molar-refractivity contribution in [3.05, 3.63) is 81.9 Å². The number of carbonyl (C=O) groups is 2. The fourth-order valence-corrected chi connectivity index (χ4v) is 5.64. The van der Waals surface area contributed by atoms with Gasteiger partial charge in [0.25, 0.3) is 12.3 Å². The number of nitrogens with one attached hydrogen (secondary N) is 1. The monoisotopic (exact) mass is 611 g/mol. The average Bonchev–Trinajstić information content (AvgIpc) is 3.50. The Kier molecular flexibility index (Phi) is 7.38. The van der Waals surface area contributed by atoms with E-state index < -0.39 is 35.3 Å². The number of amides is 2. The van der Waals surface area contributed by atoms with Crippen LogP contribution in [0.25, 0.3) is 11.3 Å². The minimum absolute atomic E-state index is 0.0984. The van der Waals surface area contributed by atoms with Crippen LogP contribution in [-0.4, -0.2) is 54.8 Å². The maximum atomic E-state index is 14.7. The first-order chi connectivity index (χ1) is 20.6. The van der Waals surface area contributed by atoms with Gasteiger partial charge in [0, 0.05) is 41.5 Å². The quantitative estimate of drug-likeness (QED) is 0.290. The van der Waals surface area contributed by atoms with Gasteiger partial charge in [-0.3, -0.25) is 24.2 Å². The van der Waals surface area contributed by atoms with Gasteiger partial charge in [-0.2, -0.15) is 5.10 Å². The number of aliphatic hydroxyl groups is 1. The van der Waals surface area contributed by atoms with E-state index in [-0.39, 0.29) is 40.5 Å². The van der Waals surface area contributed by atoms with Crippen LogP contribution in [0.1, 0.15) is 51.6 Å². The lowest BCUT2D eigenvalue weighted by Crippen LogP contribution is -2.30. The Balaban J connectivity index is 1.22. The van der Waals surface area contributed by atoms with Gasteiger partial charge in [-0.15, -0.1) is 0 Å². The van der Waals surface area contributed by atoms with E-state index in [0.717, 1.165) is 42.1 Å². The number of aliphatic hydroxyl groups excluding tert-OH is 1. The molecule has 1 aliphatic heterocycles. The molecule has 1 unspecified atom stereocenters. The predicted molar refractivity (Wildman–Crippen MR) is 150 cm³/mol. The van der Waals surface area contributed by atoms with Crippen molar-refractivity contribution in [2.24, 2.45) is 11.8 Å². The zero-order valence-electron chi connectivity index (χ0n) is 22.9. The predicted octanol–water partition coefficient (Wildman–Crippen LogP) is 4.90. The Hall–Kier alpha value is -4.36. The van der Waals surface area contributed by atoms with Crippen LogP contribution >= 0.6 is 11.6 Å². The van der Waals surface area contributed by atoms with Crippen LogP contribution in [-0.2, 0) is 4.79 Å². The smallest absolute Gasteiger partial charge is 0.275 e. The summed E-state index contributed by atoms with van der Waals surface area (Å²) in [6, 6.07) is 1.37. The second kappa shape index (κ2) is 11.0. The molecule has 0 radical (unpaired) electrons. The van der Waals surface area contributed by atoms with Gasteiger partial charge in [0.2, 0.25) is 5.91 Å². The Morgan fingerprint density at radius 1 is 1.16 bits per heavy atom. The average molecular weight is 612 g/mol. The van der Waals surface area contributed by atoms with Gasteiger partial charge in [0.15, 0.2) is 5.82 Å².